The Kier molecular flexibility index (Phi) is 5.87. The molecule has 0 aromatic heterocycles. The van der Waals surface area contributed by atoms with Crippen molar-refractivity contribution in [2.45, 2.75) is 26.3 Å². The van der Waals surface area contributed by atoms with Crippen LogP contribution in [0.3, 0.4) is 0 Å². The Bertz CT molecular complexity index is 628. The Labute approximate surface area is 137 Å². The van der Waals surface area contributed by atoms with Crippen LogP contribution in [0, 0.1) is 5.92 Å². The van der Waals surface area contributed by atoms with Crippen molar-refractivity contribution in [3.05, 3.63) is 29.8 Å². The van der Waals surface area contributed by atoms with E-state index >= 15 is 0 Å². The van der Waals surface area contributed by atoms with Gasteiger partial charge in [-0.2, -0.15) is 0 Å². The smallest absolute Gasteiger partial charge is 0.315 e. The first kappa shape index (κ1) is 17.6. The van der Waals surface area contributed by atoms with Crippen molar-refractivity contribution in [3.63, 3.8) is 0 Å². The largest absolute Gasteiger partial charge is 0.494 e. The molecule has 23 heavy (non-hydrogen) atoms. The van der Waals surface area contributed by atoms with Crippen LogP contribution in [-0.2, 0) is 9.84 Å². The summed E-state index contributed by atoms with van der Waals surface area (Å²) in [5, 5.41) is 5.61. The van der Waals surface area contributed by atoms with E-state index in [1.807, 2.05) is 38.1 Å². The molecule has 6 nitrogen and oxygen atoms in total. The standard InChI is InChI=1S/C16H24N2O4S/c1-3-22-15-6-4-14(5-7-15)12(2)18-16(19)17-10-13-8-9-23(20,21)11-13/h4-7,12-13H,3,8-11H2,1-2H3,(H2,17,18,19)/t12-,13-/m0/s1. The summed E-state index contributed by atoms with van der Waals surface area (Å²) in [6.45, 7) is 4.83. The summed E-state index contributed by atoms with van der Waals surface area (Å²) >= 11 is 0. The highest BCUT2D eigenvalue weighted by atomic mass is 32.2. The van der Waals surface area contributed by atoms with E-state index in [0.717, 1.165) is 11.3 Å². The van der Waals surface area contributed by atoms with E-state index in [2.05, 4.69) is 10.6 Å². The first-order valence-corrected chi connectivity index (χ1v) is 9.69. The van der Waals surface area contributed by atoms with Crippen molar-refractivity contribution < 1.29 is 17.9 Å². The van der Waals surface area contributed by atoms with Gasteiger partial charge in [0, 0.05) is 6.54 Å². The van der Waals surface area contributed by atoms with Crippen LogP contribution in [0.25, 0.3) is 0 Å². The van der Waals surface area contributed by atoms with E-state index in [1.165, 1.54) is 0 Å². The van der Waals surface area contributed by atoms with Gasteiger partial charge in [0.15, 0.2) is 9.84 Å². The number of rotatable bonds is 6. The van der Waals surface area contributed by atoms with Crippen LogP contribution >= 0.6 is 0 Å². The zero-order valence-corrected chi connectivity index (χ0v) is 14.4. The van der Waals surface area contributed by atoms with Crippen LogP contribution < -0.4 is 15.4 Å². The highest BCUT2D eigenvalue weighted by Gasteiger charge is 2.27. The molecule has 0 saturated carbocycles. The van der Waals surface area contributed by atoms with Gasteiger partial charge in [0.2, 0.25) is 0 Å². The molecule has 1 aliphatic rings. The number of sulfone groups is 1. The maximum absolute atomic E-state index is 11.9. The van der Waals surface area contributed by atoms with Gasteiger partial charge in [0.1, 0.15) is 5.75 Å². The van der Waals surface area contributed by atoms with Crippen LogP contribution in [0.5, 0.6) is 5.75 Å². The minimum atomic E-state index is -2.90. The predicted molar refractivity (Wildman–Crippen MR) is 89.3 cm³/mol. The fourth-order valence-corrected chi connectivity index (χ4v) is 4.48. The van der Waals surface area contributed by atoms with E-state index < -0.39 is 9.84 Å². The molecule has 0 aliphatic carbocycles. The summed E-state index contributed by atoms with van der Waals surface area (Å²) in [6, 6.07) is 7.16. The summed E-state index contributed by atoms with van der Waals surface area (Å²) in [6.07, 6.45) is 0.622. The predicted octanol–water partition coefficient (Wildman–Crippen LogP) is 1.88. The average Bonchev–Trinajstić information content (AvgIpc) is 2.85. The van der Waals surface area contributed by atoms with Crippen LogP contribution in [0.4, 0.5) is 4.79 Å². The summed E-state index contributed by atoms with van der Waals surface area (Å²) < 4.78 is 28.2. The number of benzene rings is 1. The fourth-order valence-electron chi connectivity index (χ4n) is 2.62. The zero-order chi connectivity index (χ0) is 16.9. The molecule has 1 saturated heterocycles. The van der Waals surface area contributed by atoms with Crippen LogP contribution in [0.2, 0.25) is 0 Å². The highest BCUT2D eigenvalue weighted by Crippen LogP contribution is 2.18. The molecule has 2 amide bonds. The molecular formula is C16H24N2O4S. The van der Waals surface area contributed by atoms with Crippen LogP contribution in [-0.4, -0.2) is 39.1 Å². The summed E-state index contributed by atoms with van der Waals surface area (Å²) in [4.78, 5) is 11.9. The molecule has 0 unspecified atom stereocenters. The van der Waals surface area contributed by atoms with Crippen LogP contribution in [0.1, 0.15) is 31.9 Å². The molecule has 7 heteroatoms. The first-order valence-electron chi connectivity index (χ1n) is 7.87. The number of hydrogen-bond acceptors (Lipinski definition) is 4. The molecule has 1 aliphatic heterocycles. The molecule has 128 valence electrons. The summed E-state index contributed by atoms with van der Waals surface area (Å²) in [7, 11) is -2.90. The van der Waals surface area contributed by atoms with Crippen molar-refractivity contribution >= 4 is 15.9 Å². The second-order valence-corrected chi connectivity index (χ2v) is 8.08. The van der Waals surface area contributed by atoms with E-state index in [-0.39, 0.29) is 29.5 Å². The summed E-state index contributed by atoms with van der Waals surface area (Å²) in [5.41, 5.74) is 0.979. The third-order valence-electron chi connectivity index (χ3n) is 3.92. The van der Waals surface area contributed by atoms with Gasteiger partial charge in [-0.05, 0) is 43.9 Å². The van der Waals surface area contributed by atoms with Gasteiger partial charge >= 0.3 is 6.03 Å². The lowest BCUT2D eigenvalue weighted by atomic mass is 10.1. The van der Waals surface area contributed by atoms with Gasteiger partial charge in [-0.15, -0.1) is 0 Å². The van der Waals surface area contributed by atoms with Gasteiger partial charge in [-0.3, -0.25) is 0 Å². The van der Waals surface area contributed by atoms with E-state index in [9.17, 15) is 13.2 Å². The molecule has 0 radical (unpaired) electrons. The van der Waals surface area contributed by atoms with Crippen molar-refractivity contribution in [1.29, 1.82) is 0 Å². The normalized spacial score (nSPS) is 20.7. The van der Waals surface area contributed by atoms with E-state index in [1.54, 1.807) is 0 Å². The van der Waals surface area contributed by atoms with Gasteiger partial charge in [0.05, 0.1) is 24.2 Å². The molecule has 0 spiro atoms. The molecule has 1 heterocycles. The molecule has 2 atom stereocenters. The molecule has 1 fully saturated rings. The number of urea groups is 1. The lowest BCUT2D eigenvalue weighted by Gasteiger charge is -2.16. The minimum Gasteiger partial charge on any atom is -0.494 e. The lowest BCUT2D eigenvalue weighted by molar-refractivity contribution is 0.236. The lowest BCUT2D eigenvalue weighted by Crippen LogP contribution is -2.39. The number of hydrogen-bond donors (Lipinski definition) is 2. The molecule has 2 rings (SSSR count). The molecule has 2 N–H and O–H groups in total. The quantitative estimate of drug-likeness (QED) is 0.828. The van der Waals surface area contributed by atoms with Gasteiger partial charge < -0.3 is 15.4 Å². The topological polar surface area (TPSA) is 84.5 Å². The van der Waals surface area contributed by atoms with E-state index in [4.69, 9.17) is 4.74 Å². The molecular weight excluding hydrogens is 316 g/mol. The number of amides is 2. The highest BCUT2D eigenvalue weighted by molar-refractivity contribution is 7.91. The second kappa shape index (κ2) is 7.68. The zero-order valence-electron chi connectivity index (χ0n) is 13.5. The Hall–Kier alpha value is -1.76. The Morgan fingerprint density at radius 3 is 2.61 bits per heavy atom. The maximum Gasteiger partial charge on any atom is 0.315 e. The molecule has 0 bridgehead atoms. The monoisotopic (exact) mass is 340 g/mol. The minimum absolute atomic E-state index is 0.0199. The average molecular weight is 340 g/mol. The number of carbonyl (C=O) groups excluding carboxylic acids is 1. The SMILES string of the molecule is CCOc1ccc([C@H](C)NC(=O)NC[C@@H]2CCS(=O)(=O)C2)cc1. The Balaban J connectivity index is 1.78. The molecule has 1 aromatic carbocycles. The van der Waals surface area contributed by atoms with Gasteiger partial charge in [0.25, 0.3) is 0 Å². The summed E-state index contributed by atoms with van der Waals surface area (Å²) in [5.74, 6) is 1.22. The van der Waals surface area contributed by atoms with Crippen molar-refractivity contribution in [2.24, 2.45) is 5.92 Å². The van der Waals surface area contributed by atoms with Gasteiger partial charge in [-0.1, -0.05) is 12.1 Å². The second-order valence-electron chi connectivity index (χ2n) is 5.85. The van der Waals surface area contributed by atoms with Gasteiger partial charge in [-0.25, -0.2) is 13.2 Å². The fraction of sp³-hybridized carbons (Fsp3) is 0.562. The maximum atomic E-state index is 11.9. The molecule has 1 aromatic rings. The first-order chi connectivity index (χ1) is 10.9. The third kappa shape index (κ3) is 5.42. The van der Waals surface area contributed by atoms with E-state index in [0.29, 0.717) is 19.6 Å². The third-order valence-corrected chi connectivity index (χ3v) is 5.75. The number of carbonyl (C=O) groups is 1. The van der Waals surface area contributed by atoms with Crippen molar-refractivity contribution in [2.75, 3.05) is 24.7 Å². The Morgan fingerprint density at radius 2 is 2.04 bits per heavy atom. The van der Waals surface area contributed by atoms with Crippen molar-refractivity contribution in [1.82, 2.24) is 10.6 Å². The Morgan fingerprint density at radius 1 is 1.35 bits per heavy atom. The number of ether oxygens (including phenoxy) is 1. The number of nitrogens with one attached hydrogen (secondary N) is 2. The van der Waals surface area contributed by atoms with Crippen molar-refractivity contribution in [3.8, 4) is 5.75 Å². The van der Waals surface area contributed by atoms with Crippen LogP contribution in [0.15, 0.2) is 24.3 Å².